The first-order valence-electron chi connectivity index (χ1n) is 6.26. The Kier molecular flexibility index (Phi) is 7.45. The highest BCUT2D eigenvalue weighted by Gasteiger charge is 2.04. The van der Waals surface area contributed by atoms with Gasteiger partial charge in [-0.2, -0.15) is 0 Å². The zero-order valence-corrected chi connectivity index (χ0v) is 11.9. The molecule has 17 heavy (non-hydrogen) atoms. The van der Waals surface area contributed by atoms with Crippen molar-refractivity contribution in [2.75, 3.05) is 6.61 Å². The molecular weight excluding hydrogens is 283 g/mol. The van der Waals surface area contributed by atoms with Gasteiger partial charge in [-0.25, -0.2) is 4.39 Å². The van der Waals surface area contributed by atoms with E-state index in [9.17, 15) is 4.39 Å². The lowest BCUT2D eigenvalue weighted by Gasteiger charge is -2.06. The smallest absolute Gasteiger partial charge is 0.137 e. The molecule has 0 fully saturated rings. The summed E-state index contributed by atoms with van der Waals surface area (Å²) < 4.78 is 19.2. The van der Waals surface area contributed by atoms with Crippen molar-refractivity contribution < 1.29 is 9.13 Å². The van der Waals surface area contributed by atoms with Gasteiger partial charge in [-0.1, -0.05) is 44.7 Å². The molecule has 0 spiro atoms. The molecule has 0 aliphatic carbocycles. The maximum atomic E-state index is 13.2. The van der Waals surface area contributed by atoms with Crippen LogP contribution in [0.3, 0.4) is 0 Å². The fourth-order valence-corrected chi connectivity index (χ4v) is 2.03. The van der Waals surface area contributed by atoms with Crippen molar-refractivity contribution in [3.05, 3.63) is 34.1 Å². The van der Waals surface area contributed by atoms with Crippen LogP contribution in [0, 0.1) is 5.82 Å². The molecule has 1 nitrogen and oxygen atoms in total. The van der Waals surface area contributed by atoms with Crippen LogP contribution < -0.4 is 0 Å². The molecule has 0 aliphatic heterocycles. The molecule has 0 bridgehead atoms. The van der Waals surface area contributed by atoms with E-state index in [0.717, 1.165) is 18.6 Å². The zero-order chi connectivity index (χ0) is 12.5. The lowest BCUT2D eigenvalue weighted by Crippen LogP contribution is -1.97. The van der Waals surface area contributed by atoms with E-state index in [-0.39, 0.29) is 5.82 Å². The first kappa shape index (κ1) is 14.7. The van der Waals surface area contributed by atoms with Gasteiger partial charge in [-0.15, -0.1) is 0 Å². The number of benzene rings is 1. The fourth-order valence-electron chi connectivity index (χ4n) is 1.65. The molecule has 0 radical (unpaired) electrons. The fraction of sp³-hybridized carbons (Fsp3) is 0.571. The van der Waals surface area contributed by atoms with E-state index in [0.29, 0.717) is 11.1 Å². The number of hydrogen-bond donors (Lipinski definition) is 0. The van der Waals surface area contributed by atoms with Gasteiger partial charge >= 0.3 is 0 Å². The SMILES string of the molecule is CCCCCCCOCc1cccc(F)c1Br. The first-order valence-corrected chi connectivity index (χ1v) is 7.05. The van der Waals surface area contributed by atoms with Crippen molar-refractivity contribution in [2.24, 2.45) is 0 Å². The molecule has 0 aromatic heterocycles. The molecule has 0 saturated heterocycles. The van der Waals surface area contributed by atoms with Gasteiger partial charge in [-0.05, 0) is 34.0 Å². The lowest BCUT2D eigenvalue weighted by molar-refractivity contribution is 0.116. The van der Waals surface area contributed by atoms with Crippen LogP contribution in [0.2, 0.25) is 0 Å². The molecule has 1 aromatic rings. The second-order valence-corrected chi connectivity index (χ2v) is 4.97. The summed E-state index contributed by atoms with van der Waals surface area (Å²) in [7, 11) is 0. The molecule has 0 amide bonds. The number of halogens is 2. The molecule has 0 N–H and O–H groups in total. The van der Waals surface area contributed by atoms with Crippen molar-refractivity contribution in [2.45, 2.75) is 45.6 Å². The molecule has 1 aromatic carbocycles. The van der Waals surface area contributed by atoms with Gasteiger partial charge in [0.2, 0.25) is 0 Å². The van der Waals surface area contributed by atoms with E-state index in [1.807, 2.05) is 6.07 Å². The predicted octanol–water partition coefficient (Wildman–Crippen LogP) is 5.08. The molecule has 0 atom stereocenters. The Morgan fingerprint density at radius 1 is 1.18 bits per heavy atom. The van der Waals surface area contributed by atoms with Crippen LogP contribution in [0.25, 0.3) is 0 Å². The maximum Gasteiger partial charge on any atom is 0.137 e. The van der Waals surface area contributed by atoms with Gasteiger partial charge in [0.1, 0.15) is 5.82 Å². The minimum Gasteiger partial charge on any atom is -0.377 e. The Morgan fingerprint density at radius 2 is 1.94 bits per heavy atom. The molecule has 3 heteroatoms. The molecule has 1 rings (SSSR count). The summed E-state index contributed by atoms with van der Waals surface area (Å²) in [6, 6.07) is 5.03. The predicted molar refractivity (Wildman–Crippen MR) is 72.5 cm³/mol. The summed E-state index contributed by atoms with van der Waals surface area (Å²) in [6.45, 7) is 3.44. The van der Waals surface area contributed by atoms with Crippen LogP contribution >= 0.6 is 15.9 Å². The first-order chi connectivity index (χ1) is 8.25. The third-order valence-electron chi connectivity index (χ3n) is 2.68. The highest BCUT2D eigenvalue weighted by Crippen LogP contribution is 2.21. The topological polar surface area (TPSA) is 9.23 Å². The summed E-state index contributed by atoms with van der Waals surface area (Å²) in [5.74, 6) is -0.228. The molecule has 0 aliphatic rings. The van der Waals surface area contributed by atoms with Crippen LogP contribution in [0.4, 0.5) is 4.39 Å². The summed E-state index contributed by atoms with van der Waals surface area (Å²) in [5, 5.41) is 0. The van der Waals surface area contributed by atoms with Crippen molar-refractivity contribution in [1.29, 1.82) is 0 Å². The van der Waals surface area contributed by atoms with Crippen LogP contribution in [0.1, 0.15) is 44.6 Å². The monoisotopic (exact) mass is 302 g/mol. The quantitative estimate of drug-likeness (QED) is 0.609. The van der Waals surface area contributed by atoms with Gasteiger partial charge < -0.3 is 4.74 Å². The highest BCUT2D eigenvalue weighted by atomic mass is 79.9. The average Bonchev–Trinajstić information content (AvgIpc) is 2.33. The zero-order valence-electron chi connectivity index (χ0n) is 10.3. The van der Waals surface area contributed by atoms with Crippen molar-refractivity contribution in [1.82, 2.24) is 0 Å². The Balaban J connectivity index is 2.16. The largest absolute Gasteiger partial charge is 0.377 e. The minimum atomic E-state index is -0.228. The summed E-state index contributed by atoms with van der Waals surface area (Å²) >= 11 is 3.23. The van der Waals surface area contributed by atoms with Gasteiger partial charge in [0.15, 0.2) is 0 Å². The van der Waals surface area contributed by atoms with Crippen LogP contribution in [0.15, 0.2) is 22.7 Å². The van der Waals surface area contributed by atoms with Crippen LogP contribution in [-0.4, -0.2) is 6.61 Å². The minimum absolute atomic E-state index is 0.228. The van der Waals surface area contributed by atoms with E-state index in [2.05, 4.69) is 22.9 Å². The summed E-state index contributed by atoms with van der Waals surface area (Å²) in [5.41, 5.74) is 0.874. The van der Waals surface area contributed by atoms with E-state index in [1.54, 1.807) is 6.07 Å². The molecule has 96 valence electrons. The molecule has 0 heterocycles. The Bertz CT molecular complexity index is 328. The second-order valence-electron chi connectivity index (χ2n) is 4.18. The average molecular weight is 303 g/mol. The second kappa shape index (κ2) is 8.65. The third kappa shape index (κ3) is 5.64. The summed E-state index contributed by atoms with van der Waals surface area (Å²) in [6.07, 6.45) is 6.15. The Labute approximate surface area is 111 Å². The number of rotatable bonds is 8. The Morgan fingerprint density at radius 3 is 2.71 bits per heavy atom. The van der Waals surface area contributed by atoms with Crippen LogP contribution in [0.5, 0.6) is 0 Å². The lowest BCUT2D eigenvalue weighted by atomic mass is 10.2. The highest BCUT2D eigenvalue weighted by molar-refractivity contribution is 9.10. The van der Waals surface area contributed by atoms with E-state index in [4.69, 9.17) is 4.74 Å². The normalized spacial score (nSPS) is 10.8. The van der Waals surface area contributed by atoms with Crippen molar-refractivity contribution >= 4 is 15.9 Å². The number of ether oxygens (including phenoxy) is 1. The number of unbranched alkanes of at least 4 members (excludes halogenated alkanes) is 4. The maximum absolute atomic E-state index is 13.2. The van der Waals surface area contributed by atoms with Crippen LogP contribution in [-0.2, 0) is 11.3 Å². The van der Waals surface area contributed by atoms with Gasteiger partial charge in [0.05, 0.1) is 11.1 Å². The van der Waals surface area contributed by atoms with E-state index in [1.165, 1.54) is 31.7 Å². The third-order valence-corrected chi connectivity index (χ3v) is 3.57. The molecular formula is C14H20BrFO. The van der Waals surface area contributed by atoms with E-state index < -0.39 is 0 Å². The summed E-state index contributed by atoms with van der Waals surface area (Å²) in [4.78, 5) is 0. The molecule has 0 saturated carbocycles. The van der Waals surface area contributed by atoms with Gasteiger partial charge in [0.25, 0.3) is 0 Å². The number of hydrogen-bond acceptors (Lipinski definition) is 1. The standard InChI is InChI=1S/C14H20BrFO/c1-2-3-4-5-6-10-17-11-12-8-7-9-13(16)14(12)15/h7-9H,2-6,10-11H2,1H3. The molecule has 0 unspecified atom stereocenters. The van der Waals surface area contributed by atoms with Gasteiger partial charge in [-0.3, -0.25) is 0 Å². The van der Waals surface area contributed by atoms with Crippen molar-refractivity contribution in [3.8, 4) is 0 Å². The van der Waals surface area contributed by atoms with Gasteiger partial charge in [0, 0.05) is 6.61 Å². The Hall–Kier alpha value is -0.410. The van der Waals surface area contributed by atoms with Crippen molar-refractivity contribution in [3.63, 3.8) is 0 Å². The van der Waals surface area contributed by atoms with E-state index >= 15 is 0 Å².